The highest BCUT2D eigenvalue weighted by Crippen LogP contribution is 2.36. The van der Waals surface area contributed by atoms with Crippen molar-refractivity contribution in [1.29, 1.82) is 5.26 Å². The third kappa shape index (κ3) is 3.23. The van der Waals surface area contributed by atoms with Gasteiger partial charge in [-0.15, -0.1) is 0 Å². The molecule has 1 aromatic carbocycles. The summed E-state index contributed by atoms with van der Waals surface area (Å²) in [5.41, 5.74) is 2.49. The van der Waals surface area contributed by atoms with Gasteiger partial charge in [0, 0.05) is 11.4 Å². The quantitative estimate of drug-likeness (QED) is 0.750. The topological polar surface area (TPSA) is 23.8 Å². The van der Waals surface area contributed by atoms with Gasteiger partial charge in [0.2, 0.25) is 0 Å². The zero-order chi connectivity index (χ0) is 12.1. The molecule has 2 heteroatoms. The zero-order valence-electron chi connectivity index (χ0n) is 10.1. The average molecular weight is 248 g/mol. The lowest BCUT2D eigenvalue weighted by Crippen LogP contribution is -2.05. The number of benzene rings is 1. The smallest absolute Gasteiger partial charge is 0.0625 e. The summed E-state index contributed by atoms with van der Waals surface area (Å²) in [5.74, 6) is 0.654. The van der Waals surface area contributed by atoms with Crippen molar-refractivity contribution in [1.82, 2.24) is 0 Å². The Labute approximate surface area is 108 Å². The molecular weight excluding hydrogens is 230 g/mol. The molecule has 2 rings (SSSR count). The van der Waals surface area contributed by atoms with Gasteiger partial charge in [-0.05, 0) is 42.4 Å². The van der Waals surface area contributed by atoms with Gasteiger partial charge in [-0.3, -0.25) is 0 Å². The minimum Gasteiger partial charge on any atom is -0.198 e. The van der Waals surface area contributed by atoms with Gasteiger partial charge >= 0.3 is 0 Å². The molecule has 0 N–H and O–H groups in total. The van der Waals surface area contributed by atoms with E-state index in [9.17, 15) is 0 Å². The summed E-state index contributed by atoms with van der Waals surface area (Å²) >= 11 is 6.36. The van der Waals surface area contributed by atoms with Crippen LogP contribution >= 0.6 is 11.6 Å². The van der Waals surface area contributed by atoms with Crippen LogP contribution in [-0.2, 0) is 6.42 Å². The van der Waals surface area contributed by atoms with Crippen molar-refractivity contribution in [3.05, 3.63) is 34.3 Å². The second-order valence-corrected chi connectivity index (χ2v) is 5.26. The molecule has 0 saturated heterocycles. The molecule has 1 aliphatic rings. The second-order valence-electron chi connectivity index (χ2n) is 4.85. The van der Waals surface area contributed by atoms with Crippen molar-refractivity contribution in [2.75, 3.05) is 0 Å². The monoisotopic (exact) mass is 247 g/mol. The maximum absolute atomic E-state index is 8.57. The molecule has 0 spiro atoms. The molecule has 1 saturated carbocycles. The first kappa shape index (κ1) is 12.5. The van der Waals surface area contributed by atoms with Crippen molar-refractivity contribution in [3.63, 3.8) is 0 Å². The second kappa shape index (κ2) is 6.07. The van der Waals surface area contributed by atoms with Gasteiger partial charge in [0.25, 0.3) is 0 Å². The van der Waals surface area contributed by atoms with Crippen molar-refractivity contribution < 1.29 is 0 Å². The van der Waals surface area contributed by atoms with Crippen molar-refractivity contribution in [2.24, 2.45) is 0 Å². The predicted octanol–water partition coefficient (Wildman–Crippen LogP) is 4.84. The van der Waals surface area contributed by atoms with Crippen LogP contribution in [0.5, 0.6) is 0 Å². The molecule has 1 aromatic rings. The van der Waals surface area contributed by atoms with Gasteiger partial charge < -0.3 is 0 Å². The standard InChI is InChI=1S/C15H18ClN/c16-15-11-12(5-4-10-17)8-9-14(15)13-6-2-1-3-7-13/h8-9,11,13H,1-7H2. The normalized spacial score (nSPS) is 16.7. The summed E-state index contributed by atoms with van der Waals surface area (Å²) in [6.07, 6.45) is 7.96. The van der Waals surface area contributed by atoms with Crippen LogP contribution in [0, 0.1) is 11.3 Å². The molecule has 17 heavy (non-hydrogen) atoms. The van der Waals surface area contributed by atoms with Crippen LogP contribution in [0.15, 0.2) is 18.2 Å². The Hall–Kier alpha value is -1.00. The van der Waals surface area contributed by atoms with Gasteiger partial charge in [0.05, 0.1) is 6.07 Å². The average Bonchev–Trinajstić information content (AvgIpc) is 2.37. The largest absolute Gasteiger partial charge is 0.198 e. The summed E-state index contributed by atoms with van der Waals surface area (Å²) in [7, 11) is 0. The van der Waals surface area contributed by atoms with E-state index in [2.05, 4.69) is 18.2 Å². The highest BCUT2D eigenvalue weighted by atomic mass is 35.5. The molecule has 0 radical (unpaired) electrons. The van der Waals surface area contributed by atoms with Crippen LogP contribution < -0.4 is 0 Å². The Morgan fingerprint density at radius 2 is 2.00 bits per heavy atom. The zero-order valence-corrected chi connectivity index (χ0v) is 10.8. The maximum Gasteiger partial charge on any atom is 0.0625 e. The summed E-state index contributed by atoms with van der Waals surface area (Å²) in [4.78, 5) is 0. The lowest BCUT2D eigenvalue weighted by atomic mass is 9.84. The van der Waals surface area contributed by atoms with E-state index in [4.69, 9.17) is 16.9 Å². The van der Waals surface area contributed by atoms with Crippen LogP contribution in [0.4, 0.5) is 0 Å². The Kier molecular flexibility index (Phi) is 4.45. The fourth-order valence-electron chi connectivity index (χ4n) is 2.67. The molecule has 90 valence electrons. The maximum atomic E-state index is 8.57. The highest BCUT2D eigenvalue weighted by molar-refractivity contribution is 6.31. The molecule has 1 aliphatic carbocycles. The third-order valence-corrected chi connectivity index (χ3v) is 3.96. The number of halogens is 1. The Balaban J connectivity index is 2.10. The van der Waals surface area contributed by atoms with Crippen LogP contribution in [0.2, 0.25) is 5.02 Å². The van der Waals surface area contributed by atoms with Crippen LogP contribution in [0.1, 0.15) is 55.6 Å². The first-order valence-electron chi connectivity index (χ1n) is 6.46. The molecule has 0 atom stereocenters. The minimum absolute atomic E-state index is 0.569. The van der Waals surface area contributed by atoms with Gasteiger partial charge in [0.1, 0.15) is 0 Å². The molecule has 1 fully saturated rings. The van der Waals surface area contributed by atoms with E-state index in [1.54, 1.807) is 0 Å². The number of rotatable bonds is 3. The highest BCUT2D eigenvalue weighted by Gasteiger charge is 2.17. The number of hydrogen-bond acceptors (Lipinski definition) is 1. The molecule has 1 nitrogen and oxygen atoms in total. The third-order valence-electron chi connectivity index (χ3n) is 3.64. The van der Waals surface area contributed by atoms with Crippen LogP contribution in [-0.4, -0.2) is 0 Å². The lowest BCUT2D eigenvalue weighted by molar-refractivity contribution is 0.443. The molecule has 0 unspecified atom stereocenters. The van der Waals surface area contributed by atoms with Crippen LogP contribution in [0.25, 0.3) is 0 Å². The number of nitrogens with zero attached hydrogens (tertiary/aromatic N) is 1. The Bertz CT molecular complexity index is 413. The van der Waals surface area contributed by atoms with Crippen LogP contribution in [0.3, 0.4) is 0 Å². The lowest BCUT2D eigenvalue weighted by Gasteiger charge is -2.23. The summed E-state index contributed by atoms with van der Waals surface area (Å²) < 4.78 is 0. The van der Waals surface area contributed by atoms with E-state index in [0.717, 1.165) is 11.4 Å². The van der Waals surface area contributed by atoms with E-state index >= 15 is 0 Å². The van der Waals surface area contributed by atoms with Gasteiger partial charge in [-0.1, -0.05) is 43.0 Å². The van der Waals surface area contributed by atoms with Crippen molar-refractivity contribution in [2.45, 2.75) is 50.9 Å². The molecule has 0 bridgehead atoms. The number of aryl methyl sites for hydroxylation is 1. The molecule has 0 aliphatic heterocycles. The van der Waals surface area contributed by atoms with E-state index < -0.39 is 0 Å². The summed E-state index contributed by atoms with van der Waals surface area (Å²) in [6, 6.07) is 8.52. The Morgan fingerprint density at radius 1 is 1.24 bits per heavy atom. The first-order chi connectivity index (χ1) is 8.31. The van der Waals surface area contributed by atoms with Gasteiger partial charge in [0.15, 0.2) is 0 Å². The first-order valence-corrected chi connectivity index (χ1v) is 6.84. The Morgan fingerprint density at radius 3 is 2.65 bits per heavy atom. The van der Waals surface area contributed by atoms with Gasteiger partial charge in [-0.25, -0.2) is 0 Å². The molecule has 0 amide bonds. The number of hydrogen-bond donors (Lipinski definition) is 0. The minimum atomic E-state index is 0.569. The van der Waals surface area contributed by atoms with E-state index in [1.807, 2.05) is 6.07 Å². The fourth-order valence-corrected chi connectivity index (χ4v) is 3.03. The van der Waals surface area contributed by atoms with Crippen molar-refractivity contribution >= 4 is 11.6 Å². The SMILES string of the molecule is N#CCCc1ccc(C2CCCCC2)c(Cl)c1. The van der Waals surface area contributed by atoms with Crippen molar-refractivity contribution in [3.8, 4) is 6.07 Å². The fraction of sp³-hybridized carbons (Fsp3) is 0.533. The van der Waals surface area contributed by atoms with E-state index in [1.165, 1.54) is 43.2 Å². The number of nitriles is 1. The van der Waals surface area contributed by atoms with Gasteiger partial charge in [-0.2, -0.15) is 5.26 Å². The molecular formula is C15H18ClN. The summed E-state index contributed by atoms with van der Waals surface area (Å²) in [5, 5.41) is 9.47. The van der Waals surface area contributed by atoms with E-state index in [0.29, 0.717) is 12.3 Å². The predicted molar refractivity (Wildman–Crippen MR) is 71.2 cm³/mol. The summed E-state index contributed by atoms with van der Waals surface area (Å²) in [6.45, 7) is 0. The molecule has 0 heterocycles. The molecule has 0 aromatic heterocycles. The van der Waals surface area contributed by atoms with E-state index in [-0.39, 0.29) is 0 Å².